The Hall–Kier alpha value is -1.98. The molecule has 6 heteroatoms. The lowest BCUT2D eigenvalue weighted by Gasteiger charge is -2.39. The number of piperidine rings is 1. The number of hydrogen-bond acceptors (Lipinski definition) is 2. The molecule has 1 aliphatic rings. The molecule has 118 valence electrons. The second-order valence-electron chi connectivity index (χ2n) is 6.06. The summed E-state index contributed by atoms with van der Waals surface area (Å²) in [6, 6.07) is 2.56. The van der Waals surface area contributed by atoms with Crippen molar-refractivity contribution in [2.45, 2.75) is 51.7 Å². The average Bonchev–Trinajstić information content (AvgIpc) is 2.81. The third kappa shape index (κ3) is 2.58. The van der Waals surface area contributed by atoms with Crippen LogP contribution in [-0.4, -0.2) is 32.4 Å². The van der Waals surface area contributed by atoms with E-state index < -0.39 is 11.6 Å². The van der Waals surface area contributed by atoms with E-state index in [4.69, 9.17) is 0 Å². The molecular weight excluding hydrogens is 288 g/mol. The minimum atomic E-state index is -0.929. The highest BCUT2D eigenvalue weighted by atomic mass is 19.2. The van der Waals surface area contributed by atoms with Crippen molar-refractivity contribution in [3.8, 4) is 0 Å². The number of carbonyl (C=O) groups is 1. The quantitative estimate of drug-likeness (QED) is 0.855. The number of halogens is 2. The minimum Gasteiger partial charge on any atom is -0.336 e. The molecule has 2 aromatic rings. The molecule has 1 fully saturated rings. The summed E-state index contributed by atoms with van der Waals surface area (Å²) >= 11 is 0. The topological polar surface area (TPSA) is 38.1 Å². The summed E-state index contributed by atoms with van der Waals surface area (Å²) in [5.41, 5.74) is 0.788. The van der Waals surface area contributed by atoms with E-state index in [9.17, 15) is 13.6 Å². The Balaban J connectivity index is 1.86. The van der Waals surface area contributed by atoms with Crippen molar-refractivity contribution in [1.29, 1.82) is 0 Å². The van der Waals surface area contributed by atoms with E-state index in [1.165, 1.54) is 6.33 Å². The van der Waals surface area contributed by atoms with Gasteiger partial charge in [-0.2, -0.15) is 0 Å². The second kappa shape index (κ2) is 5.66. The summed E-state index contributed by atoms with van der Waals surface area (Å²) < 4.78 is 28.2. The fraction of sp³-hybridized carbons (Fsp3) is 0.500. The van der Waals surface area contributed by atoms with Gasteiger partial charge in [0.1, 0.15) is 6.54 Å². The Morgan fingerprint density at radius 3 is 2.55 bits per heavy atom. The third-order valence-electron chi connectivity index (χ3n) is 4.45. The Morgan fingerprint density at radius 2 is 1.86 bits per heavy atom. The fourth-order valence-corrected chi connectivity index (χ4v) is 3.32. The molecule has 0 bridgehead atoms. The monoisotopic (exact) mass is 307 g/mol. The molecule has 0 spiro atoms. The first kappa shape index (κ1) is 14.9. The molecule has 1 aromatic carbocycles. The van der Waals surface area contributed by atoms with Crippen molar-refractivity contribution >= 4 is 16.9 Å². The summed E-state index contributed by atoms with van der Waals surface area (Å²) in [6.45, 7) is 4.19. The number of nitrogens with zero attached hydrogens (tertiary/aromatic N) is 3. The lowest BCUT2D eigenvalue weighted by molar-refractivity contribution is -0.137. The molecule has 1 aliphatic heterocycles. The van der Waals surface area contributed by atoms with Gasteiger partial charge < -0.3 is 9.47 Å². The number of rotatable bonds is 2. The van der Waals surface area contributed by atoms with Crippen LogP contribution in [0.4, 0.5) is 8.78 Å². The first-order valence-electron chi connectivity index (χ1n) is 7.58. The van der Waals surface area contributed by atoms with E-state index in [1.54, 1.807) is 4.57 Å². The molecule has 1 aromatic heterocycles. The van der Waals surface area contributed by atoms with Gasteiger partial charge >= 0.3 is 0 Å². The van der Waals surface area contributed by atoms with Gasteiger partial charge in [0, 0.05) is 24.2 Å². The standard InChI is InChI=1S/C16H19F2N3O/c1-10-4-3-5-11(2)21(10)16(22)8-20-9-19-14-6-12(17)13(18)7-15(14)20/h6-7,9-11H,3-5,8H2,1-2H3. The van der Waals surface area contributed by atoms with E-state index >= 15 is 0 Å². The number of hydrogen-bond donors (Lipinski definition) is 0. The second-order valence-corrected chi connectivity index (χ2v) is 6.06. The van der Waals surface area contributed by atoms with E-state index in [2.05, 4.69) is 18.8 Å². The van der Waals surface area contributed by atoms with Gasteiger partial charge in [-0.15, -0.1) is 0 Å². The number of likely N-dealkylation sites (tertiary alicyclic amines) is 1. The normalized spacial score (nSPS) is 22.3. The van der Waals surface area contributed by atoms with Gasteiger partial charge in [-0.3, -0.25) is 4.79 Å². The Kier molecular flexibility index (Phi) is 3.85. The number of aromatic nitrogens is 2. The highest BCUT2D eigenvalue weighted by Gasteiger charge is 2.29. The van der Waals surface area contributed by atoms with Gasteiger partial charge in [0.2, 0.25) is 5.91 Å². The van der Waals surface area contributed by atoms with Crippen LogP contribution in [0.25, 0.3) is 11.0 Å². The van der Waals surface area contributed by atoms with Gasteiger partial charge in [0.25, 0.3) is 0 Å². The average molecular weight is 307 g/mol. The van der Waals surface area contributed by atoms with Crippen LogP contribution in [0.3, 0.4) is 0 Å². The maximum Gasteiger partial charge on any atom is 0.243 e. The van der Waals surface area contributed by atoms with E-state index in [0.717, 1.165) is 31.4 Å². The fourth-order valence-electron chi connectivity index (χ4n) is 3.32. The maximum atomic E-state index is 13.4. The molecular formula is C16H19F2N3O. The molecule has 0 N–H and O–H groups in total. The molecule has 22 heavy (non-hydrogen) atoms. The molecule has 1 saturated heterocycles. The maximum absolute atomic E-state index is 13.4. The van der Waals surface area contributed by atoms with Gasteiger partial charge in [-0.25, -0.2) is 13.8 Å². The zero-order valence-electron chi connectivity index (χ0n) is 12.7. The number of carbonyl (C=O) groups excluding carboxylic acids is 1. The van der Waals surface area contributed by atoms with E-state index in [-0.39, 0.29) is 24.5 Å². The Labute approximate surface area is 127 Å². The predicted octanol–water partition coefficient (Wildman–Crippen LogP) is 3.10. The van der Waals surface area contributed by atoms with Crippen molar-refractivity contribution in [3.05, 3.63) is 30.1 Å². The van der Waals surface area contributed by atoms with Crippen molar-refractivity contribution in [3.63, 3.8) is 0 Å². The van der Waals surface area contributed by atoms with Crippen molar-refractivity contribution in [2.75, 3.05) is 0 Å². The van der Waals surface area contributed by atoms with Crippen LogP contribution in [-0.2, 0) is 11.3 Å². The molecule has 2 heterocycles. The van der Waals surface area contributed by atoms with Crippen LogP contribution >= 0.6 is 0 Å². The zero-order valence-corrected chi connectivity index (χ0v) is 12.7. The first-order chi connectivity index (χ1) is 10.5. The van der Waals surface area contributed by atoms with E-state index in [1.807, 2.05) is 4.90 Å². The van der Waals surface area contributed by atoms with Crippen LogP contribution in [0, 0.1) is 11.6 Å². The van der Waals surface area contributed by atoms with Gasteiger partial charge in [-0.05, 0) is 33.1 Å². The number of imidazole rings is 1. The lowest BCUT2D eigenvalue weighted by Crippen LogP contribution is -2.48. The smallest absolute Gasteiger partial charge is 0.243 e. The largest absolute Gasteiger partial charge is 0.336 e. The van der Waals surface area contributed by atoms with Crippen molar-refractivity contribution in [1.82, 2.24) is 14.5 Å². The van der Waals surface area contributed by atoms with Crippen LogP contribution in [0.1, 0.15) is 33.1 Å². The van der Waals surface area contributed by atoms with Gasteiger partial charge in [-0.1, -0.05) is 0 Å². The van der Waals surface area contributed by atoms with Crippen LogP contribution in [0.2, 0.25) is 0 Å². The molecule has 3 rings (SSSR count). The molecule has 0 saturated carbocycles. The summed E-state index contributed by atoms with van der Waals surface area (Å²) in [4.78, 5) is 18.5. The molecule has 1 amide bonds. The van der Waals surface area contributed by atoms with Gasteiger partial charge in [0.15, 0.2) is 11.6 Å². The van der Waals surface area contributed by atoms with Crippen molar-refractivity contribution < 1.29 is 13.6 Å². The number of fused-ring (bicyclic) bond motifs is 1. The summed E-state index contributed by atoms with van der Waals surface area (Å²) in [6.07, 6.45) is 4.59. The third-order valence-corrected chi connectivity index (χ3v) is 4.45. The summed E-state index contributed by atoms with van der Waals surface area (Å²) in [5.74, 6) is -1.87. The molecule has 4 nitrogen and oxygen atoms in total. The molecule has 2 unspecified atom stereocenters. The van der Waals surface area contributed by atoms with Crippen LogP contribution in [0.15, 0.2) is 18.5 Å². The molecule has 0 aliphatic carbocycles. The summed E-state index contributed by atoms with van der Waals surface area (Å²) in [7, 11) is 0. The highest BCUT2D eigenvalue weighted by molar-refractivity contribution is 5.81. The lowest BCUT2D eigenvalue weighted by atomic mass is 9.97. The van der Waals surface area contributed by atoms with E-state index in [0.29, 0.717) is 11.0 Å². The zero-order chi connectivity index (χ0) is 15.9. The first-order valence-corrected chi connectivity index (χ1v) is 7.58. The number of amides is 1. The highest BCUT2D eigenvalue weighted by Crippen LogP contribution is 2.24. The molecule has 2 atom stereocenters. The van der Waals surface area contributed by atoms with Crippen molar-refractivity contribution in [2.24, 2.45) is 0 Å². The predicted molar refractivity (Wildman–Crippen MR) is 79.3 cm³/mol. The number of benzene rings is 1. The Bertz CT molecular complexity index is 703. The minimum absolute atomic E-state index is 0.0104. The Morgan fingerprint density at radius 1 is 1.23 bits per heavy atom. The van der Waals surface area contributed by atoms with Gasteiger partial charge in [0.05, 0.1) is 17.4 Å². The van der Waals surface area contributed by atoms with Crippen LogP contribution < -0.4 is 0 Å². The summed E-state index contributed by atoms with van der Waals surface area (Å²) in [5, 5.41) is 0. The van der Waals surface area contributed by atoms with Crippen LogP contribution in [0.5, 0.6) is 0 Å². The molecule has 0 radical (unpaired) electrons. The SMILES string of the molecule is CC1CCCC(C)N1C(=O)Cn1cnc2cc(F)c(F)cc21.